The fourth-order valence-electron chi connectivity index (χ4n) is 2.15. The number of halogens is 2. The van der Waals surface area contributed by atoms with Crippen LogP contribution in [-0.2, 0) is 22.8 Å². The molecular formula is C16H20Cl2N2O3S2. The first kappa shape index (κ1) is 22.1. The molecule has 0 bridgehead atoms. The molecular weight excluding hydrogens is 403 g/mol. The summed E-state index contributed by atoms with van der Waals surface area (Å²) in [6.45, 7) is 1.32. The summed E-state index contributed by atoms with van der Waals surface area (Å²) in [5.74, 6) is -1.13. The standard InChI is InChI=1S/C16H19ClN2O3S2.ClH/c1-24(21,22)11-13(20)15-16(17)23-14(19-15)10-18-9-5-8-12-6-3-2-4-7-12;/h2-4,6-7,18H,5,8-11H2,1H3;1H. The zero-order valence-electron chi connectivity index (χ0n) is 13.7. The molecule has 2 aromatic rings. The van der Waals surface area contributed by atoms with Crippen molar-refractivity contribution in [3.63, 3.8) is 0 Å². The van der Waals surface area contributed by atoms with E-state index in [1.54, 1.807) is 0 Å². The van der Waals surface area contributed by atoms with Crippen LogP contribution in [0.2, 0.25) is 4.34 Å². The molecule has 0 unspecified atom stereocenters. The molecule has 0 aliphatic rings. The van der Waals surface area contributed by atoms with Gasteiger partial charge in [0, 0.05) is 12.8 Å². The molecule has 25 heavy (non-hydrogen) atoms. The van der Waals surface area contributed by atoms with E-state index in [2.05, 4.69) is 22.4 Å². The Kier molecular flexibility index (Phi) is 9.02. The summed E-state index contributed by atoms with van der Waals surface area (Å²) in [5, 5.41) is 3.94. The van der Waals surface area contributed by atoms with Crippen LogP contribution in [0.1, 0.15) is 27.5 Å². The highest BCUT2D eigenvalue weighted by Gasteiger charge is 2.20. The number of Topliss-reactive ketones (excluding diaryl/α,β-unsaturated/α-hetero) is 1. The third-order valence-corrected chi connectivity index (χ3v) is 5.27. The molecule has 0 radical (unpaired) electrons. The van der Waals surface area contributed by atoms with Gasteiger partial charge in [0.1, 0.15) is 20.8 Å². The molecule has 1 heterocycles. The zero-order chi connectivity index (χ0) is 17.6. The van der Waals surface area contributed by atoms with Crippen LogP contribution in [0.15, 0.2) is 30.3 Å². The molecule has 0 spiro atoms. The van der Waals surface area contributed by atoms with Crippen molar-refractivity contribution in [1.29, 1.82) is 0 Å². The average molecular weight is 423 g/mol. The number of nitrogens with zero attached hydrogens (tertiary/aromatic N) is 1. The summed E-state index contributed by atoms with van der Waals surface area (Å²) < 4.78 is 22.6. The van der Waals surface area contributed by atoms with Gasteiger partial charge in [0.25, 0.3) is 0 Å². The molecule has 1 N–H and O–H groups in total. The van der Waals surface area contributed by atoms with Crippen molar-refractivity contribution in [2.24, 2.45) is 0 Å². The van der Waals surface area contributed by atoms with Crippen LogP contribution in [0.25, 0.3) is 0 Å². The normalized spacial score (nSPS) is 11.1. The van der Waals surface area contributed by atoms with Crippen molar-refractivity contribution in [3.05, 3.63) is 50.9 Å². The molecule has 1 aromatic heterocycles. The van der Waals surface area contributed by atoms with Gasteiger partial charge < -0.3 is 5.32 Å². The number of sulfone groups is 1. The predicted molar refractivity (Wildman–Crippen MR) is 105 cm³/mol. The van der Waals surface area contributed by atoms with Crippen molar-refractivity contribution >= 4 is 51.0 Å². The maximum absolute atomic E-state index is 11.9. The second-order valence-corrected chi connectivity index (χ2v) is 9.31. The minimum absolute atomic E-state index is 0. The molecule has 1 aromatic carbocycles. The number of carbonyl (C=O) groups excluding carboxylic acids is 1. The van der Waals surface area contributed by atoms with Gasteiger partial charge in [-0.15, -0.1) is 23.7 Å². The van der Waals surface area contributed by atoms with Crippen LogP contribution in [0, 0.1) is 0 Å². The number of benzene rings is 1. The highest BCUT2D eigenvalue weighted by molar-refractivity contribution is 7.91. The van der Waals surface area contributed by atoms with Crippen LogP contribution in [-0.4, -0.2) is 37.7 Å². The molecule has 0 aliphatic heterocycles. The second-order valence-electron chi connectivity index (χ2n) is 5.49. The van der Waals surface area contributed by atoms with Crippen molar-refractivity contribution in [2.45, 2.75) is 19.4 Å². The molecule has 0 atom stereocenters. The van der Waals surface area contributed by atoms with Gasteiger partial charge in [-0.2, -0.15) is 0 Å². The number of hydrogen-bond donors (Lipinski definition) is 1. The molecule has 0 saturated heterocycles. The Morgan fingerprint density at radius 3 is 2.60 bits per heavy atom. The molecule has 2 rings (SSSR count). The number of thiazole rings is 1. The van der Waals surface area contributed by atoms with Gasteiger partial charge in [0.15, 0.2) is 15.6 Å². The number of carbonyl (C=O) groups is 1. The predicted octanol–water partition coefficient (Wildman–Crippen LogP) is 3.17. The Morgan fingerprint density at radius 1 is 1.28 bits per heavy atom. The van der Waals surface area contributed by atoms with Gasteiger partial charge in [-0.1, -0.05) is 41.9 Å². The summed E-state index contributed by atoms with van der Waals surface area (Å²) in [7, 11) is -3.39. The van der Waals surface area contributed by atoms with Gasteiger partial charge >= 0.3 is 0 Å². The van der Waals surface area contributed by atoms with Crippen LogP contribution < -0.4 is 5.32 Å². The van der Waals surface area contributed by atoms with E-state index in [0.29, 0.717) is 11.6 Å². The topological polar surface area (TPSA) is 76.1 Å². The van der Waals surface area contributed by atoms with Crippen molar-refractivity contribution in [2.75, 3.05) is 18.6 Å². The molecule has 0 aliphatic carbocycles. The Hall–Kier alpha value is -0.990. The summed E-state index contributed by atoms with van der Waals surface area (Å²) in [4.78, 5) is 16.0. The molecule has 0 amide bonds. The fraction of sp³-hybridized carbons (Fsp3) is 0.375. The van der Waals surface area contributed by atoms with Crippen LogP contribution in [0.3, 0.4) is 0 Å². The Morgan fingerprint density at radius 2 is 1.96 bits per heavy atom. The highest BCUT2D eigenvalue weighted by Crippen LogP contribution is 2.25. The maximum Gasteiger partial charge on any atom is 0.198 e. The number of nitrogens with one attached hydrogen (secondary N) is 1. The number of ketones is 1. The number of rotatable bonds is 9. The smallest absolute Gasteiger partial charge is 0.198 e. The molecule has 9 heteroatoms. The van der Waals surface area contributed by atoms with Gasteiger partial charge in [-0.3, -0.25) is 4.79 Å². The summed E-state index contributed by atoms with van der Waals surface area (Å²) in [5.41, 5.74) is 1.35. The van der Waals surface area contributed by atoms with Gasteiger partial charge in [-0.05, 0) is 24.9 Å². The van der Waals surface area contributed by atoms with Crippen LogP contribution in [0.4, 0.5) is 0 Å². The van der Waals surface area contributed by atoms with Gasteiger partial charge in [0.2, 0.25) is 0 Å². The lowest BCUT2D eigenvalue weighted by molar-refractivity contribution is 0.101. The number of aryl methyl sites for hydroxylation is 1. The van der Waals surface area contributed by atoms with E-state index in [1.807, 2.05) is 18.2 Å². The number of hydrogen-bond acceptors (Lipinski definition) is 6. The van der Waals surface area contributed by atoms with Crippen LogP contribution in [0.5, 0.6) is 0 Å². The third-order valence-electron chi connectivity index (χ3n) is 3.23. The lowest BCUT2D eigenvalue weighted by Crippen LogP contribution is -2.17. The maximum atomic E-state index is 11.9. The second kappa shape index (κ2) is 10.2. The minimum atomic E-state index is -3.39. The molecule has 138 valence electrons. The van der Waals surface area contributed by atoms with E-state index in [0.717, 1.165) is 25.6 Å². The third kappa shape index (κ3) is 7.83. The summed E-state index contributed by atoms with van der Waals surface area (Å²) in [6, 6.07) is 10.2. The van der Waals surface area contributed by atoms with E-state index in [4.69, 9.17) is 11.6 Å². The first-order valence-electron chi connectivity index (χ1n) is 7.46. The summed E-state index contributed by atoms with van der Waals surface area (Å²) in [6.07, 6.45) is 2.99. The first-order valence-corrected chi connectivity index (χ1v) is 10.7. The zero-order valence-corrected chi connectivity index (χ0v) is 16.9. The molecule has 5 nitrogen and oxygen atoms in total. The highest BCUT2D eigenvalue weighted by atomic mass is 35.5. The van der Waals surface area contributed by atoms with Crippen LogP contribution >= 0.6 is 35.3 Å². The van der Waals surface area contributed by atoms with Gasteiger partial charge in [-0.25, -0.2) is 13.4 Å². The van der Waals surface area contributed by atoms with Gasteiger partial charge in [0.05, 0.1) is 0 Å². The first-order chi connectivity index (χ1) is 11.3. The Labute approximate surface area is 163 Å². The lowest BCUT2D eigenvalue weighted by Gasteiger charge is -2.03. The largest absolute Gasteiger partial charge is 0.310 e. The quantitative estimate of drug-likeness (QED) is 0.495. The fourth-order valence-corrected chi connectivity index (χ4v) is 3.96. The van der Waals surface area contributed by atoms with Crippen molar-refractivity contribution < 1.29 is 13.2 Å². The lowest BCUT2D eigenvalue weighted by atomic mass is 10.1. The van der Waals surface area contributed by atoms with E-state index < -0.39 is 21.4 Å². The summed E-state index contributed by atoms with van der Waals surface area (Å²) >= 11 is 7.20. The minimum Gasteiger partial charge on any atom is -0.310 e. The monoisotopic (exact) mass is 422 g/mol. The molecule has 0 fully saturated rings. The van der Waals surface area contributed by atoms with E-state index >= 15 is 0 Å². The Balaban J connectivity index is 0.00000312. The SMILES string of the molecule is CS(=O)(=O)CC(=O)c1nc(CNCCCc2ccccc2)sc1Cl.Cl. The van der Waals surface area contributed by atoms with Crippen molar-refractivity contribution in [3.8, 4) is 0 Å². The van der Waals surface area contributed by atoms with E-state index in [9.17, 15) is 13.2 Å². The number of aromatic nitrogens is 1. The average Bonchev–Trinajstić information content (AvgIpc) is 2.87. The van der Waals surface area contributed by atoms with E-state index in [-0.39, 0.29) is 22.4 Å². The van der Waals surface area contributed by atoms with Crippen molar-refractivity contribution in [1.82, 2.24) is 10.3 Å². The molecule has 0 saturated carbocycles. The Bertz CT molecular complexity index is 793. The van der Waals surface area contributed by atoms with E-state index in [1.165, 1.54) is 16.9 Å².